The van der Waals surface area contributed by atoms with Crippen LogP contribution in [0.2, 0.25) is 0 Å². The SMILES string of the molecule is C=C(CC(C)(C#N)CC(C)(CC(CC(CC(C)(C)C(=O)O)c1ccccc1)C(=O)OC)C(=O)OC)OO. The van der Waals surface area contributed by atoms with Crippen LogP contribution in [0.4, 0.5) is 0 Å². The topological polar surface area (TPSA) is 143 Å². The van der Waals surface area contributed by atoms with Gasteiger partial charge in [0.15, 0.2) is 0 Å². The van der Waals surface area contributed by atoms with E-state index in [-0.39, 0.29) is 43.8 Å². The van der Waals surface area contributed by atoms with E-state index >= 15 is 0 Å². The number of carbonyl (C=O) groups is 3. The minimum absolute atomic E-state index is 0.00704. The molecule has 4 atom stereocenters. The molecule has 0 aliphatic rings. The Morgan fingerprint density at radius 2 is 1.65 bits per heavy atom. The van der Waals surface area contributed by atoms with E-state index in [1.54, 1.807) is 27.7 Å². The van der Waals surface area contributed by atoms with Crippen LogP contribution in [0, 0.1) is 33.5 Å². The van der Waals surface area contributed by atoms with Crippen molar-refractivity contribution in [1.29, 1.82) is 5.26 Å². The summed E-state index contributed by atoms with van der Waals surface area (Å²) in [7, 11) is 2.49. The van der Waals surface area contributed by atoms with E-state index in [9.17, 15) is 24.8 Å². The average molecular weight is 518 g/mol. The molecule has 9 heteroatoms. The molecule has 0 spiro atoms. The number of carbonyl (C=O) groups excluding carboxylic acids is 2. The number of esters is 2. The molecule has 0 aliphatic heterocycles. The fraction of sp³-hybridized carbons (Fsp3) is 0.571. The van der Waals surface area contributed by atoms with Crippen molar-refractivity contribution in [3.63, 3.8) is 0 Å². The second-order valence-electron chi connectivity index (χ2n) is 10.9. The van der Waals surface area contributed by atoms with E-state index in [1.165, 1.54) is 14.2 Å². The third-order valence-electron chi connectivity index (χ3n) is 6.85. The molecule has 4 unspecified atom stereocenters. The third kappa shape index (κ3) is 8.90. The lowest BCUT2D eigenvalue weighted by Gasteiger charge is -2.36. The van der Waals surface area contributed by atoms with Crippen LogP contribution in [0.5, 0.6) is 0 Å². The standard InChI is InChI=1S/C28H39NO8/c1-19(37-34)14-27(4,18-29)17-28(5,25(33)36-7)16-22(23(30)35-6)13-21(15-26(2,3)24(31)32)20-11-9-8-10-12-20/h8-12,21-22,34H,1,13-17H2,2-7H3,(H,31,32). The van der Waals surface area contributed by atoms with Crippen molar-refractivity contribution in [1.82, 2.24) is 0 Å². The molecule has 37 heavy (non-hydrogen) atoms. The molecule has 0 bridgehead atoms. The van der Waals surface area contributed by atoms with Gasteiger partial charge in [-0.05, 0) is 64.9 Å². The van der Waals surface area contributed by atoms with E-state index in [1.807, 2.05) is 30.3 Å². The van der Waals surface area contributed by atoms with Crippen molar-refractivity contribution in [3.05, 3.63) is 48.2 Å². The van der Waals surface area contributed by atoms with Gasteiger partial charge in [0.2, 0.25) is 0 Å². The van der Waals surface area contributed by atoms with Crippen LogP contribution < -0.4 is 0 Å². The molecule has 0 heterocycles. The van der Waals surface area contributed by atoms with Gasteiger partial charge in [0.05, 0.1) is 42.5 Å². The number of hydrogen-bond donors (Lipinski definition) is 2. The average Bonchev–Trinajstić information content (AvgIpc) is 2.86. The highest BCUT2D eigenvalue weighted by Gasteiger charge is 2.46. The summed E-state index contributed by atoms with van der Waals surface area (Å²) >= 11 is 0. The van der Waals surface area contributed by atoms with Gasteiger partial charge >= 0.3 is 17.9 Å². The number of hydrogen-bond acceptors (Lipinski definition) is 8. The van der Waals surface area contributed by atoms with Gasteiger partial charge in [0, 0.05) is 6.42 Å². The fourth-order valence-corrected chi connectivity index (χ4v) is 5.03. The minimum atomic E-state index is -1.29. The largest absolute Gasteiger partial charge is 0.481 e. The van der Waals surface area contributed by atoms with Gasteiger partial charge in [0.1, 0.15) is 5.76 Å². The highest BCUT2D eigenvalue weighted by atomic mass is 17.1. The molecule has 0 saturated carbocycles. The monoisotopic (exact) mass is 517 g/mol. The third-order valence-corrected chi connectivity index (χ3v) is 6.85. The molecule has 9 nitrogen and oxygen atoms in total. The molecule has 0 fully saturated rings. The second-order valence-corrected chi connectivity index (χ2v) is 10.9. The molecular weight excluding hydrogens is 478 g/mol. The molecule has 0 radical (unpaired) electrons. The Morgan fingerprint density at radius 1 is 1.05 bits per heavy atom. The van der Waals surface area contributed by atoms with Crippen LogP contribution in [0.15, 0.2) is 42.7 Å². The molecule has 204 valence electrons. The first-order valence-electron chi connectivity index (χ1n) is 12.0. The zero-order valence-electron chi connectivity index (χ0n) is 22.6. The van der Waals surface area contributed by atoms with Gasteiger partial charge in [-0.25, -0.2) is 5.26 Å². The molecule has 1 aromatic rings. The summed E-state index contributed by atoms with van der Waals surface area (Å²) in [5.74, 6) is -3.29. The quantitative estimate of drug-likeness (QED) is 0.136. The van der Waals surface area contributed by atoms with Gasteiger partial charge in [-0.1, -0.05) is 36.9 Å². The van der Waals surface area contributed by atoms with Crippen LogP contribution >= 0.6 is 0 Å². The van der Waals surface area contributed by atoms with Gasteiger partial charge in [-0.2, -0.15) is 5.26 Å². The maximum atomic E-state index is 13.0. The van der Waals surface area contributed by atoms with E-state index in [4.69, 9.17) is 14.7 Å². The normalized spacial score (nSPS) is 16.2. The van der Waals surface area contributed by atoms with Gasteiger partial charge in [0.25, 0.3) is 0 Å². The van der Waals surface area contributed by atoms with Crippen molar-refractivity contribution in [2.24, 2.45) is 22.2 Å². The van der Waals surface area contributed by atoms with Crippen molar-refractivity contribution >= 4 is 17.9 Å². The van der Waals surface area contributed by atoms with Crippen LogP contribution in [-0.4, -0.2) is 42.5 Å². The number of benzene rings is 1. The van der Waals surface area contributed by atoms with E-state index < -0.39 is 40.1 Å². The number of nitrogens with zero attached hydrogens (tertiary/aromatic N) is 1. The number of nitriles is 1. The summed E-state index contributed by atoms with van der Waals surface area (Å²) in [5, 5.41) is 28.6. The smallest absolute Gasteiger partial charge is 0.311 e. The molecule has 2 N–H and O–H groups in total. The Labute approximate surface area is 219 Å². The first kappa shape index (κ1) is 31.6. The Morgan fingerprint density at radius 3 is 2.11 bits per heavy atom. The highest BCUT2D eigenvalue weighted by Crippen LogP contribution is 2.45. The summed E-state index contributed by atoms with van der Waals surface area (Å²) in [6.07, 6.45) is 0.394. The predicted octanol–water partition coefficient (Wildman–Crippen LogP) is 5.33. The number of rotatable bonds is 15. The molecule has 1 rings (SSSR count). The predicted molar refractivity (Wildman–Crippen MR) is 136 cm³/mol. The Kier molecular flexibility index (Phi) is 11.3. The van der Waals surface area contributed by atoms with Crippen LogP contribution in [0.1, 0.15) is 71.3 Å². The zero-order valence-corrected chi connectivity index (χ0v) is 22.6. The first-order chi connectivity index (χ1) is 17.2. The first-order valence-corrected chi connectivity index (χ1v) is 12.0. The molecular formula is C28H39NO8. The van der Waals surface area contributed by atoms with E-state index in [2.05, 4.69) is 17.5 Å². The van der Waals surface area contributed by atoms with Crippen molar-refractivity contribution in [2.45, 2.75) is 65.7 Å². The van der Waals surface area contributed by atoms with Crippen molar-refractivity contribution in [2.75, 3.05) is 14.2 Å². The lowest BCUT2D eigenvalue weighted by molar-refractivity contribution is -0.207. The lowest BCUT2D eigenvalue weighted by Crippen LogP contribution is -2.39. The minimum Gasteiger partial charge on any atom is -0.481 e. The molecule has 0 aromatic heterocycles. The molecule has 0 amide bonds. The van der Waals surface area contributed by atoms with Gasteiger partial charge < -0.3 is 19.5 Å². The maximum Gasteiger partial charge on any atom is 0.311 e. The number of carboxylic acid groups (broad SMARTS) is 1. The Balaban J connectivity index is 3.47. The van der Waals surface area contributed by atoms with Gasteiger partial charge in [-0.15, -0.1) is 0 Å². The number of aliphatic carboxylic acids is 1. The molecule has 0 saturated heterocycles. The summed E-state index contributed by atoms with van der Waals surface area (Å²) in [6.45, 7) is 10.0. The van der Waals surface area contributed by atoms with Crippen molar-refractivity contribution < 1.29 is 39.1 Å². The second kappa shape index (κ2) is 13.2. The van der Waals surface area contributed by atoms with Crippen LogP contribution in [-0.2, 0) is 28.7 Å². The number of allylic oxidation sites excluding steroid dienone is 1. The van der Waals surface area contributed by atoms with Gasteiger partial charge in [-0.3, -0.25) is 14.4 Å². The Bertz CT molecular complexity index is 999. The fourth-order valence-electron chi connectivity index (χ4n) is 5.03. The lowest BCUT2D eigenvalue weighted by atomic mass is 9.66. The highest BCUT2D eigenvalue weighted by molar-refractivity contribution is 5.79. The van der Waals surface area contributed by atoms with Crippen molar-refractivity contribution in [3.8, 4) is 6.07 Å². The summed E-state index contributed by atoms with van der Waals surface area (Å²) in [5.41, 5.74) is -2.68. The van der Waals surface area contributed by atoms with E-state index in [0.717, 1.165) is 5.56 Å². The molecule has 1 aromatic carbocycles. The van der Waals surface area contributed by atoms with Crippen LogP contribution in [0.25, 0.3) is 0 Å². The number of ether oxygens (including phenoxy) is 2. The zero-order chi connectivity index (χ0) is 28.4. The molecule has 0 aliphatic carbocycles. The maximum absolute atomic E-state index is 13.0. The number of methoxy groups -OCH3 is 2. The summed E-state index contributed by atoms with van der Waals surface area (Å²) in [4.78, 5) is 42.1. The number of carboxylic acids is 1. The Hall–Kier alpha value is -3.38. The summed E-state index contributed by atoms with van der Waals surface area (Å²) in [6, 6.07) is 11.5. The van der Waals surface area contributed by atoms with Crippen LogP contribution in [0.3, 0.4) is 0 Å². The van der Waals surface area contributed by atoms with E-state index in [0.29, 0.717) is 0 Å². The summed E-state index contributed by atoms with van der Waals surface area (Å²) < 4.78 is 10.2.